The molecule has 1 aromatic carbocycles. The predicted octanol–water partition coefficient (Wildman–Crippen LogP) is 1.09. The fourth-order valence-electron chi connectivity index (χ4n) is 3.22. The van der Waals surface area contributed by atoms with Crippen molar-refractivity contribution in [3.8, 4) is 11.5 Å². The number of rotatable bonds is 7. The van der Waals surface area contributed by atoms with Crippen molar-refractivity contribution in [2.24, 2.45) is 11.7 Å². The molecular weight excluding hydrogens is 294 g/mol. The van der Waals surface area contributed by atoms with Crippen molar-refractivity contribution < 1.29 is 14.3 Å². The Morgan fingerprint density at radius 3 is 2.91 bits per heavy atom. The molecule has 126 valence electrons. The van der Waals surface area contributed by atoms with Crippen LogP contribution in [0.25, 0.3) is 0 Å². The van der Waals surface area contributed by atoms with E-state index in [9.17, 15) is 4.79 Å². The van der Waals surface area contributed by atoms with Gasteiger partial charge in [0, 0.05) is 18.0 Å². The highest BCUT2D eigenvalue weighted by Gasteiger charge is 2.22. The molecule has 2 aliphatic heterocycles. The molecule has 0 aromatic heterocycles. The first kappa shape index (κ1) is 16.1. The van der Waals surface area contributed by atoms with Gasteiger partial charge in [-0.3, -0.25) is 4.79 Å². The third-order valence-electron chi connectivity index (χ3n) is 4.61. The summed E-state index contributed by atoms with van der Waals surface area (Å²) in [5.41, 5.74) is 6.50. The van der Waals surface area contributed by atoms with Crippen LogP contribution in [0.3, 0.4) is 0 Å². The van der Waals surface area contributed by atoms with Gasteiger partial charge in [0.1, 0.15) is 0 Å². The molecule has 3 N–H and O–H groups in total. The van der Waals surface area contributed by atoms with Gasteiger partial charge in [-0.2, -0.15) is 0 Å². The molecule has 1 amide bonds. The van der Waals surface area contributed by atoms with Gasteiger partial charge >= 0.3 is 0 Å². The number of para-hydroxylation sites is 1. The number of carbonyl (C=O) groups excluding carboxylic acids is 1. The summed E-state index contributed by atoms with van der Waals surface area (Å²) in [4.78, 5) is 13.6. The van der Waals surface area contributed by atoms with Gasteiger partial charge in [-0.1, -0.05) is 12.1 Å². The molecule has 1 aromatic rings. The van der Waals surface area contributed by atoms with Gasteiger partial charge in [0.25, 0.3) is 0 Å². The number of carbonyl (C=O) groups is 1. The standard InChI is InChI=1S/C17H25N3O3/c18-17(21)13-5-9-20(10-6-13)8-2-7-19-11-14-3-1-4-15-16(14)23-12-22-15/h1,3-4,13,19H,2,5-12H2,(H2,18,21). The van der Waals surface area contributed by atoms with Crippen molar-refractivity contribution in [3.05, 3.63) is 23.8 Å². The maximum atomic E-state index is 11.2. The first-order chi connectivity index (χ1) is 11.2. The summed E-state index contributed by atoms with van der Waals surface area (Å²) in [5, 5.41) is 3.46. The molecule has 1 saturated heterocycles. The van der Waals surface area contributed by atoms with E-state index in [1.807, 2.05) is 12.1 Å². The Morgan fingerprint density at radius 1 is 1.30 bits per heavy atom. The van der Waals surface area contributed by atoms with Crippen molar-refractivity contribution in [1.29, 1.82) is 0 Å². The molecule has 3 rings (SSSR count). The summed E-state index contributed by atoms with van der Waals surface area (Å²) in [7, 11) is 0. The van der Waals surface area contributed by atoms with Gasteiger partial charge in [-0.25, -0.2) is 0 Å². The van der Waals surface area contributed by atoms with Crippen LogP contribution in [-0.4, -0.2) is 43.8 Å². The summed E-state index contributed by atoms with van der Waals surface area (Å²) in [5.74, 6) is 1.63. The lowest BCUT2D eigenvalue weighted by molar-refractivity contribution is -0.123. The average Bonchev–Trinajstić information content (AvgIpc) is 3.04. The smallest absolute Gasteiger partial charge is 0.231 e. The zero-order valence-corrected chi connectivity index (χ0v) is 13.4. The number of nitrogens with two attached hydrogens (primary N) is 1. The Morgan fingerprint density at radius 2 is 2.13 bits per heavy atom. The second kappa shape index (κ2) is 7.66. The summed E-state index contributed by atoms with van der Waals surface area (Å²) in [6.45, 7) is 5.07. The molecule has 6 nitrogen and oxygen atoms in total. The summed E-state index contributed by atoms with van der Waals surface area (Å²) >= 11 is 0. The molecule has 23 heavy (non-hydrogen) atoms. The van der Waals surface area contributed by atoms with Crippen LogP contribution in [-0.2, 0) is 11.3 Å². The molecule has 0 bridgehead atoms. The van der Waals surface area contributed by atoms with Crippen LogP contribution < -0.4 is 20.5 Å². The normalized spacial score (nSPS) is 18.3. The lowest BCUT2D eigenvalue weighted by Crippen LogP contribution is -2.39. The van der Waals surface area contributed by atoms with Crippen molar-refractivity contribution in [2.45, 2.75) is 25.8 Å². The maximum Gasteiger partial charge on any atom is 0.231 e. The van der Waals surface area contributed by atoms with E-state index in [-0.39, 0.29) is 11.8 Å². The van der Waals surface area contributed by atoms with E-state index in [1.165, 1.54) is 0 Å². The Labute approximate surface area is 136 Å². The Balaban J connectivity index is 1.32. The quantitative estimate of drug-likeness (QED) is 0.736. The Hall–Kier alpha value is -1.79. The highest BCUT2D eigenvalue weighted by molar-refractivity contribution is 5.76. The molecule has 0 radical (unpaired) electrons. The van der Waals surface area contributed by atoms with Crippen LogP contribution >= 0.6 is 0 Å². The summed E-state index contributed by atoms with van der Waals surface area (Å²) < 4.78 is 10.9. The third kappa shape index (κ3) is 4.14. The van der Waals surface area contributed by atoms with Crippen LogP contribution in [0.4, 0.5) is 0 Å². The van der Waals surface area contributed by atoms with Crippen LogP contribution in [0, 0.1) is 5.92 Å². The second-order valence-electron chi connectivity index (χ2n) is 6.20. The maximum absolute atomic E-state index is 11.2. The monoisotopic (exact) mass is 319 g/mol. The number of hydrogen-bond acceptors (Lipinski definition) is 5. The molecule has 2 aliphatic rings. The van der Waals surface area contributed by atoms with Crippen LogP contribution in [0.5, 0.6) is 11.5 Å². The van der Waals surface area contributed by atoms with Crippen LogP contribution in [0.15, 0.2) is 18.2 Å². The van der Waals surface area contributed by atoms with E-state index in [0.717, 1.165) is 69.0 Å². The highest BCUT2D eigenvalue weighted by atomic mass is 16.7. The lowest BCUT2D eigenvalue weighted by atomic mass is 9.96. The van der Waals surface area contributed by atoms with Crippen molar-refractivity contribution in [1.82, 2.24) is 10.2 Å². The first-order valence-corrected chi connectivity index (χ1v) is 8.34. The molecule has 0 unspecified atom stereocenters. The fraction of sp³-hybridized carbons (Fsp3) is 0.588. The number of piperidine rings is 1. The number of primary amides is 1. The van der Waals surface area contributed by atoms with Gasteiger partial charge in [0.15, 0.2) is 11.5 Å². The van der Waals surface area contributed by atoms with E-state index in [4.69, 9.17) is 15.2 Å². The third-order valence-corrected chi connectivity index (χ3v) is 4.61. The topological polar surface area (TPSA) is 76.8 Å². The van der Waals surface area contributed by atoms with Crippen LogP contribution in [0.2, 0.25) is 0 Å². The SMILES string of the molecule is NC(=O)C1CCN(CCCNCc2cccc3c2OCO3)CC1. The zero-order valence-electron chi connectivity index (χ0n) is 13.4. The number of ether oxygens (including phenoxy) is 2. The highest BCUT2D eigenvalue weighted by Crippen LogP contribution is 2.35. The minimum Gasteiger partial charge on any atom is -0.454 e. The van der Waals surface area contributed by atoms with E-state index < -0.39 is 0 Å². The van der Waals surface area contributed by atoms with E-state index >= 15 is 0 Å². The number of likely N-dealkylation sites (tertiary alicyclic amines) is 1. The summed E-state index contributed by atoms with van der Waals surface area (Å²) in [6, 6.07) is 5.99. The average molecular weight is 319 g/mol. The number of hydrogen-bond donors (Lipinski definition) is 2. The molecule has 0 spiro atoms. The summed E-state index contributed by atoms with van der Waals surface area (Å²) in [6.07, 6.45) is 2.89. The largest absolute Gasteiger partial charge is 0.454 e. The molecule has 0 aliphatic carbocycles. The van der Waals surface area contributed by atoms with Gasteiger partial charge < -0.3 is 25.4 Å². The Kier molecular flexibility index (Phi) is 5.35. The van der Waals surface area contributed by atoms with Crippen molar-refractivity contribution in [3.63, 3.8) is 0 Å². The molecule has 0 saturated carbocycles. The van der Waals surface area contributed by atoms with Gasteiger partial charge in [-0.05, 0) is 51.5 Å². The first-order valence-electron chi connectivity index (χ1n) is 8.34. The van der Waals surface area contributed by atoms with E-state index in [2.05, 4.69) is 16.3 Å². The van der Waals surface area contributed by atoms with Crippen molar-refractivity contribution >= 4 is 5.91 Å². The number of fused-ring (bicyclic) bond motifs is 1. The van der Waals surface area contributed by atoms with Gasteiger partial charge in [-0.15, -0.1) is 0 Å². The molecule has 0 atom stereocenters. The minimum atomic E-state index is -0.145. The second-order valence-corrected chi connectivity index (χ2v) is 6.20. The molecule has 6 heteroatoms. The number of amides is 1. The fourth-order valence-corrected chi connectivity index (χ4v) is 3.22. The number of nitrogens with zero attached hydrogens (tertiary/aromatic N) is 1. The zero-order chi connectivity index (χ0) is 16.1. The van der Waals surface area contributed by atoms with Crippen LogP contribution in [0.1, 0.15) is 24.8 Å². The number of benzene rings is 1. The molecule has 2 heterocycles. The molecule has 1 fully saturated rings. The lowest BCUT2D eigenvalue weighted by Gasteiger charge is -2.30. The van der Waals surface area contributed by atoms with Gasteiger partial charge in [0.2, 0.25) is 12.7 Å². The van der Waals surface area contributed by atoms with Crippen molar-refractivity contribution in [2.75, 3.05) is 33.0 Å². The Bertz CT molecular complexity index is 542. The van der Waals surface area contributed by atoms with E-state index in [0.29, 0.717) is 6.79 Å². The number of nitrogens with one attached hydrogen (secondary N) is 1. The minimum absolute atomic E-state index is 0.0757. The van der Waals surface area contributed by atoms with Gasteiger partial charge in [0.05, 0.1) is 0 Å². The molecular formula is C17H25N3O3. The van der Waals surface area contributed by atoms with E-state index in [1.54, 1.807) is 0 Å². The predicted molar refractivity (Wildman–Crippen MR) is 87.2 cm³/mol.